The molecule has 0 saturated carbocycles. The van der Waals surface area contributed by atoms with Gasteiger partial charge >= 0.3 is 28.9 Å². The van der Waals surface area contributed by atoms with Crippen LogP contribution in [-0.2, 0) is 36.7 Å². The fraction of sp³-hybridized carbons (Fsp3) is 0.844. The zero-order valence-corrected chi connectivity index (χ0v) is 32.6. The number of carbonyl (C=O) groups is 1. The first-order valence-corrected chi connectivity index (χ1v) is 21.6. The van der Waals surface area contributed by atoms with Crippen molar-refractivity contribution in [3.63, 3.8) is 0 Å². The number of hydrogen-bond acceptors (Lipinski definition) is 12. The molecule has 0 bridgehead atoms. The van der Waals surface area contributed by atoms with Crippen LogP contribution in [0.25, 0.3) is 0 Å². The van der Waals surface area contributed by atoms with Crippen molar-refractivity contribution in [2.75, 3.05) is 59.3 Å². The Morgan fingerprint density at radius 2 is 1.49 bits per heavy atom. The lowest BCUT2D eigenvalue weighted by atomic mass is 10.1. The lowest BCUT2D eigenvalue weighted by Gasteiger charge is -2.51. The third-order valence-corrected chi connectivity index (χ3v) is 19.2. The Morgan fingerprint density at radius 1 is 0.918 bits per heavy atom. The average Bonchev–Trinajstić information content (AvgIpc) is 3.33. The van der Waals surface area contributed by atoms with Gasteiger partial charge in [-0.15, -0.1) is 0 Å². The lowest BCUT2D eigenvalue weighted by molar-refractivity contribution is -0.0609. The Morgan fingerprint density at radius 3 is 2.04 bits per heavy atom. The van der Waals surface area contributed by atoms with Crippen molar-refractivity contribution < 1.29 is 41.4 Å². The van der Waals surface area contributed by atoms with Crippen LogP contribution in [0.5, 0.6) is 0 Å². The largest absolute Gasteiger partial charge is 0.439 e. The second kappa shape index (κ2) is 19.6. The summed E-state index contributed by atoms with van der Waals surface area (Å²) in [5.74, 6) is 0. The van der Waals surface area contributed by atoms with Crippen LogP contribution in [-0.4, -0.2) is 110 Å². The highest BCUT2D eigenvalue weighted by atomic mass is 28.5. The molecule has 1 amide bonds. The van der Waals surface area contributed by atoms with Crippen molar-refractivity contribution >= 4 is 23.2 Å². The van der Waals surface area contributed by atoms with E-state index in [0.29, 0.717) is 59.2 Å². The fourth-order valence-electron chi connectivity index (χ4n) is 6.36. The van der Waals surface area contributed by atoms with Crippen LogP contribution < -0.4 is 22.3 Å². The summed E-state index contributed by atoms with van der Waals surface area (Å²) in [6, 6.07) is 1.22. The number of alkyl carbamates (subject to hydrolysis) is 1. The second-order valence-corrected chi connectivity index (χ2v) is 22.6. The molecule has 1 aromatic heterocycles. The lowest BCUT2D eigenvalue weighted by Crippen LogP contribution is -2.66. The maximum Gasteiger partial charge on any atom is 0.407 e. The third-order valence-electron chi connectivity index (χ3n) is 8.96. The van der Waals surface area contributed by atoms with E-state index >= 15 is 0 Å². The van der Waals surface area contributed by atoms with Crippen LogP contribution in [0.4, 0.5) is 4.79 Å². The SMILES string of the molecule is CC(C)[Si]1(C(C)C)OC[C@H]2O[C@@H](n3ccc(=O)[nH]c3=O)[C@H](OC(=O)NCCCOCCOCCOCCCN)[C@@H]2O[Si](C(C)C)(C(C)C)O1. The molecular weight excluding hydrogens is 673 g/mol. The standard InChI is InChI=1S/C32H60N4O11Si2/c1-22(2)48(23(3)4)43-21-26-28(46-49(47-48,24(5)6)25(7)8)29(30(44-26)36-14-11-27(37)35-31(36)38)45-32(39)34-13-10-16-41-18-20-42-19-17-40-15-9-12-33/h11,14,22-26,28-30H,9-10,12-13,15-21,33H2,1-8H3,(H,34,39)(H,35,37,38)/t26-,28-,29-,30-/m1/s1. The first kappa shape index (κ1) is 41.5. The summed E-state index contributed by atoms with van der Waals surface area (Å²) < 4.78 is 51.4. The molecule has 49 heavy (non-hydrogen) atoms. The molecule has 15 nitrogen and oxygen atoms in total. The number of carbonyl (C=O) groups excluding carboxylic acids is 1. The molecule has 2 aliphatic heterocycles. The Bertz CT molecular complexity index is 1250. The normalized spacial score (nSPS) is 23.5. The van der Waals surface area contributed by atoms with Crippen LogP contribution in [0.3, 0.4) is 0 Å². The summed E-state index contributed by atoms with van der Waals surface area (Å²) in [4.78, 5) is 40.4. The smallest absolute Gasteiger partial charge is 0.407 e. The van der Waals surface area contributed by atoms with E-state index in [1.165, 1.54) is 16.8 Å². The Hall–Kier alpha value is -1.94. The highest BCUT2D eigenvalue weighted by Crippen LogP contribution is 2.48. The van der Waals surface area contributed by atoms with Gasteiger partial charge in [-0.2, -0.15) is 0 Å². The van der Waals surface area contributed by atoms with E-state index in [-0.39, 0.29) is 28.8 Å². The van der Waals surface area contributed by atoms with E-state index in [9.17, 15) is 14.4 Å². The average molecular weight is 733 g/mol. The van der Waals surface area contributed by atoms with Crippen LogP contribution in [0.15, 0.2) is 21.9 Å². The predicted octanol–water partition coefficient (Wildman–Crippen LogP) is 3.27. The molecule has 4 atom stereocenters. The highest BCUT2D eigenvalue weighted by Gasteiger charge is 2.62. The van der Waals surface area contributed by atoms with Gasteiger partial charge in [0.2, 0.25) is 0 Å². The topological polar surface area (TPSA) is 184 Å². The van der Waals surface area contributed by atoms with Crippen LogP contribution in [0.1, 0.15) is 74.5 Å². The van der Waals surface area contributed by atoms with E-state index < -0.39 is 59.0 Å². The number of nitrogens with zero attached hydrogens (tertiary/aromatic N) is 1. The summed E-state index contributed by atoms with van der Waals surface area (Å²) >= 11 is 0. The minimum Gasteiger partial charge on any atom is -0.439 e. The van der Waals surface area contributed by atoms with Gasteiger partial charge in [-0.05, 0) is 41.6 Å². The maximum atomic E-state index is 13.2. The quantitative estimate of drug-likeness (QED) is 0.140. The van der Waals surface area contributed by atoms with E-state index in [2.05, 4.69) is 65.7 Å². The second-order valence-electron chi connectivity index (χ2n) is 13.8. The molecule has 0 aliphatic carbocycles. The van der Waals surface area contributed by atoms with Crippen molar-refractivity contribution in [3.05, 3.63) is 33.1 Å². The molecule has 4 N–H and O–H groups in total. The van der Waals surface area contributed by atoms with E-state index in [0.717, 1.165) is 6.42 Å². The van der Waals surface area contributed by atoms with Gasteiger partial charge in [0.05, 0.1) is 33.0 Å². The summed E-state index contributed by atoms with van der Waals surface area (Å²) in [5, 5.41) is 2.78. The summed E-state index contributed by atoms with van der Waals surface area (Å²) in [6.07, 6.45) is -1.60. The zero-order chi connectivity index (χ0) is 36.2. The number of nitrogens with two attached hydrogens (primary N) is 1. The van der Waals surface area contributed by atoms with Crippen LogP contribution >= 0.6 is 0 Å². The molecule has 3 rings (SSSR count). The maximum absolute atomic E-state index is 13.2. The molecule has 0 unspecified atom stereocenters. The van der Waals surface area contributed by atoms with Crippen molar-refractivity contribution in [2.24, 2.45) is 5.73 Å². The molecule has 1 aromatic rings. The molecule has 0 spiro atoms. The van der Waals surface area contributed by atoms with Gasteiger partial charge in [0.25, 0.3) is 5.56 Å². The minimum atomic E-state index is -3.11. The van der Waals surface area contributed by atoms with E-state index in [1.807, 2.05) is 0 Å². The number of aromatic amines is 1. The van der Waals surface area contributed by atoms with Gasteiger partial charge in [-0.1, -0.05) is 55.4 Å². The fourth-order valence-corrected chi connectivity index (χ4v) is 17.6. The minimum absolute atomic E-state index is 0.0172. The molecule has 0 radical (unpaired) electrons. The Labute approximate surface area is 292 Å². The number of amides is 1. The van der Waals surface area contributed by atoms with Gasteiger partial charge in [-0.25, -0.2) is 9.59 Å². The summed E-state index contributed by atoms with van der Waals surface area (Å²) in [7, 11) is -5.98. The van der Waals surface area contributed by atoms with Crippen molar-refractivity contribution in [3.8, 4) is 0 Å². The number of ether oxygens (including phenoxy) is 5. The monoisotopic (exact) mass is 732 g/mol. The number of fused-ring (bicyclic) bond motifs is 1. The number of hydrogen-bond donors (Lipinski definition) is 3. The molecule has 3 heterocycles. The number of rotatable bonds is 19. The Balaban J connectivity index is 1.73. The zero-order valence-electron chi connectivity index (χ0n) is 30.6. The number of H-pyrrole nitrogens is 1. The van der Waals surface area contributed by atoms with Crippen molar-refractivity contribution in [1.29, 1.82) is 0 Å². The molecule has 282 valence electrons. The van der Waals surface area contributed by atoms with Crippen molar-refractivity contribution in [1.82, 2.24) is 14.9 Å². The summed E-state index contributed by atoms with van der Waals surface area (Å²) in [5.41, 5.74) is 4.47. The molecule has 17 heteroatoms. The predicted molar refractivity (Wildman–Crippen MR) is 188 cm³/mol. The van der Waals surface area contributed by atoms with Gasteiger partial charge in [0, 0.05) is 32.0 Å². The van der Waals surface area contributed by atoms with Crippen molar-refractivity contribution in [2.45, 2.75) is 115 Å². The third kappa shape index (κ3) is 10.8. The van der Waals surface area contributed by atoms with Crippen LogP contribution in [0, 0.1) is 0 Å². The van der Waals surface area contributed by atoms with E-state index in [4.69, 9.17) is 42.4 Å². The first-order valence-electron chi connectivity index (χ1n) is 17.7. The van der Waals surface area contributed by atoms with Gasteiger partial charge in [-0.3, -0.25) is 14.3 Å². The van der Waals surface area contributed by atoms with Gasteiger partial charge < -0.3 is 47.7 Å². The molecule has 0 aromatic carbocycles. The molecule has 2 fully saturated rings. The first-order chi connectivity index (χ1) is 23.3. The molecular formula is C32H60N4O11Si2. The number of nitrogens with one attached hydrogen (secondary N) is 2. The number of aromatic nitrogens is 2. The van der Waals surface area contributed by atoms with Gasteiger partial charge in [0.1, 0.15) is 12.2 Å². The Kier molecular flexibility index (Phi) is 16.6. The van der Waals surface area contributed by atoms with E-state index in [1.54, 1.807) is 0 Å². The molecule has 2 saturated heterocycles. The highest BCUT2D eigenvalue weighted by molar-refractivity contribution is 6.84. The molecule has 2 aliphatic rings. The van der Waals surface area contributed by atoms with Gasteiger partial charge in [0.15, 0.2) is 12.3 Å². The summed E-state index contributed by atoms with van der Waals surface area (Å²) in [6.45, 7) is 20.8. The van der Waals surface area contributed by atoms with Crippen LogP contribution in [0.2, 0.25) is 22.2 Å².